The Hall–Kier alpha value is -0.990. The summed E-state index contributed by atoms with van der Waals surface area (Å²) in [5, 5.41) is 0. The van der Waals surface area contributed by atoms with Crippen molar-refractivity contribution >= 4 is 28.4 Å². The van der Waals surface area contributed by atoms with Crippen LogP contribution >= 0.6 is 11.3 Å². The van der Waals surface area contributed by atoms with Crippen molar-refractivity contribution in [1.29, 1.82) is 0 Å². The fraction of sp³-hybridized carbons (Fsp3) is 0.789. The van der Waals surface area contributed by atoms with Crippen LogP contribution < -0.4 is 4.72 Å². The van der Waals surface area contributed by atoms with Crippen LogP contribution in [-0.4, -0.2) is 43.6 Å². The molecular weight excluding hydrogens is 382 g/mol. The Morgan fingerprint density at radius 3 is 2.48 bits per heavy atom. The number of aromatic nitrogens is 1. The highest BCUT2D eigenvalue weighted by molar-refractivity contribution is 7.84. The largest absolute Gasteiger partial charge is 0.444 e. The predicted molar refractivity (Wildman–Crippen MR) is 109 cm³/mol. The van der Waals surface area contributed by atoms with Gasteiger partial charge >= 0.3 is 6.09 Å². The first-order chi connectivity index (χ1) is 12.4. The highest BCUT2D eigenvalue weighted by Crippen LogP contribution is 2.53. The van der Waals surface area contributed by atoms with Gasteiger partial charge in [-0.15, -0.1) is 11.3 Å². The predicted octanol–water partition coefficient (Wildman–Crippen LogP) is 3.81. The molecule has 1 aromatic rings. The first-order valence-electron chi connectivity index (χ1n) is 9.50. The molecule has 27 heavy (non-hydrogen) atoms. The number of nitrogens with zero attached hydrogens (tertiary/aromatic N) is 2. The van der Waals surface area contributed by atoms with Gasteiger partial charge in [0, 0.05) is 23.4 Å². The van der Waals surface area contributed by atoms with Crippen molar-refractivity contribution in [1.82, 2.24) is 14.6 Å². The number of rotatable bonds is 2. The highest BCUT2D eigenvalue weighted by Gasteiger charge is 2.51. The Labute approximate surface area is 168 Å². The molecule has 2 atom stereocenters. The normalized spacial score (nSPS) is 23.3. The van der Waals surface area contributed by atoms with Crippen LogP contribution in [0, 0.1) is 5.41 Å². The first kappa shape index (κ1) is 20.7. The minimum absolute atomic E-state index is 0.0286. The zero-order valence-corrected chi connectivity index (χ0v) is 18.8. The van der Waals surface area contributed by atoms with Gasteiger partial charge in [0.25, 0.3) is 0 Å². The van der Waals surface area contributed by atoms with E-state index in [9.17, 15) is 9.00 Å². The molecule has 1 aromatic heterocycles. The number of carbonyl (C=O) groups is 1. The second-order valence-electron chi connectivity index (χ2n) is 9.60. The fourth-order valence-corrected chi connectivity index (χ4v) is 5.76. The number of ether oxygens (including phenoxy) is 1. The number of amides is 1. The van der Waals surface area contributed by atoms with E-state index in [2.05, 4.69) is 9.71 Å². The lowest BCUT2D eigenvalue weighted by Crippen LogP contribution is -2.49. The summed E-state index contributed by atoms with van der Waals surface area (Å²) < 4.78 is 21.4. The van der Waals surface area contributed by atoms with Crippen molar-refractivity contribution < 1.29 is 13.7 Å². The molecule has 1 fully saturated rings. The Kier molecular flexibility index (Phi) is 5.47. The molecule has 0 radical (unpaired) electrons. The van der Waals surface area contributed by atoms with Crippen molar-refractivity contribution in [2.45, 2.75) is 77.2 Å². The Bertz CT molecular complexity index is 725. The highest BCUT2D eigenvalue weighted by atomic mass is 32.2. The smallest absolute Gasteiger partial charge is 0.410 e. The van der Waals surface area contributed by atoms with E-state index in [1.807, 2.05) is 47.1 Å². The minimum Gasteiger partial charge on any atom is -0.444 e. The van der Waals surface area contributed by atoms with Crippen molar-refractivity contribution in [2.75, 3.05) is 13.1 Å². The zero-order valence-electron chi connectivity index (χ0n) is 17.1. The maximum Gasteiger partial charge on any atom is 0.410 e. The Morgan fingerprint density at radius 2 is 1.93 bits per heavy atom. The Balaban J connectivity index is 1.74. The molecule has 0 unspecified atom stereocenters. The van der Waals surface area contributed by atoms with Gasteiger partial charge in [0.15, 0.2) is 0 Å². The zero-order chi connectivity index (χ0) is 20.0. The minimum atomic E-state index is -1.15. The number of nitrogens with one attached hydrogen (secondary N) is 1. The van der Waals surface area contributed by atoms with E-state index >= 15 is 0 Å². The van der Waals surface area contributed by atoms with Gasteiger partial charge in [-0.2, -0.15) is 0 Å². The van der Waals surface area contributed by atoms with Crippen LogP contribution in [-0.2, 0) is 22.1 Å². The molecule has 8 heteroatoms. The third kappa shape index (κ3) is 4.38. The number of fused-ring (bicyclic) bond motifs is 1. The fourth-order valence-electron chi connectivity index (χ4n) is 3.75. The van der Waals surface area contributed by atoms with Gasteiger partial charge in [-0.3, -0.25) is 0 Å². The molecule has 0 saturated carbocycles. The molecule has 1 aliphatic carbocycles. The van der Waals surface area contributed by atoms with E-state index in [0.29, 0.717) is 13.1 Å². The van der Waals surface area contributed by atoms with Crippen LogP contribution in [0.25, 0.3) is 0 Å². The molecule has 2 heterocycles. The number of hydrogen-bond donors (Lipinski definition) is 1. The first-order valence-corrected chi connectivity index (χ1v) is 11.5. The summed E-state index contributed by atoms with van der Waals surface area (Å²) in [7, 11) is -1.15. The molecule has 0 bridgehead atoms. The summed E-state index contributed by atoms with van der Waals surface area (Å²) in [6, 6.07) is 0.0286. The van der Waals surface area contributed by atoms with Crippen LogP contribution in [0.5, 0.6) is 0 Å². The van der Waals surface area contributed by atoms with E-state index in [0.717, 1.165) is 25.0 Å². The molecule has 6 nitrogen and oxygen atoms in total. The second-order valence-corrected chi connectivity index (χ2v) is 12.5. The maximum atomic E-state index is 12.8. The number of thiazole rings is 1. The van der Waals surface area contributed by atoms with Crippen LogP contribution in [0.1, 0.15) is 71.0 Å². The van der Waals surface area contributed by atoms with Gasteiger partial charge in [-0.05, 0) is 60.8 Å². The molecule has 1 saturated heterocycles. The molecule has 1 amide bonds. The number of piperidine rings is 1. The summed E-state index contributed by atoms with van der Waals surface area (Å²) >= 11 is 1.64. The third-order valence-corrected chi connectivity index (χ3v) is 7.76. The lowest BCUT2D eigenvalue weighted by Gasteiger charge is -2.43. The lowest BCUT2D eigenvalue weighted by atomic mass is 9.74. The van der Waals surface area contributed by atoms with E-state index in [4.69, 9.17) is 4.74 Å². The van der Waals surface area contributed by atoms with Crippen molar-refractivity contribution in [3.63, 3.8) is 0 Å². The molecule has 2 aliphatic rings. The van der Waals surface area contributed by atoms with E-state index in [-0.39, 0.29) is 22.3 Å². The summed E-state index contributed by atoms with van der Waals surface area (Å²) in [6.45, 7) is 12.9. The second kappa shape index (κ2) is 7.12. The topological polar surface area (TPSA) is 71.5 Å². The maximum absolute atomic E-state index is 12.8. The quantitative estimate of drug-likeness (QED) is 0.800. The van der Waals surface area contributed by atoms with Gasteiger partial charge in [0.1, 0.15) is 5.60 Å². The lowest BCUT2D eigenvalue weighted by molar-refractivity contribution is 0.00726. The van der Waals surface area contributed by atoms with Gasteiger partial charge in [-0.1, -0.05) is 0 Å². The van der Waals surface area contributed by atoms with E-state index < -0.39 is 16.6 Å². The number of hydrogen-bond acceptors (Lipinski definition) is 5. The number of likely N-dealkylation sites (tertiary alicyclic amines) is 1. The SMILES string of the molecule is CC(C)(C)OC(=O)N1CCC2(CC1)Cc1ncsc1[C@H]2N[S@](=O)C(C)(C)C. The van der Waals surface area contributed by atoms with Crippen LogP contribution in [0.15, 0.2) is 5.51 Å². The summed E-state index contributed by atoms with van der Waals surface area (Å²) in [5.41, 5.74) is 2.48. The molecule has 1 aliphatic heterocycles. The van der Waals surface area contributed by atoms with Crippen LogP contribution in [0.4, 0.5) is 4.79 Å². The van der Waals surface area contributed by atoms with Crippen LogP contribution in [0.3, 0.4) is 0 Å². The van der Waals surface area contributed by atoms with E-state index in [1.54, 1.807) is 16.2 Å². The molecule has 3 rings (SSSR count). The van der Waals surface area contributed by atoms with E-state index in [1.165, 1.54) is 4.88 Å². The average molecular weight is 414 g/mol. The van der Waals surface area contributed by atoms with Gasteiger partial charge in [0.05, 0.1) is 33.0 Å². The Morgan fingerprint density at radius 1 is 1.30 bits per heavy atom. The average Bonchev–Trinajstić information content (AvgIpc) is 3.07. The van der Waals surface area contributed by atoms with Crippen molar-refractivity contribution in [2.24, 2.45) is 5.41 Å². The molecule has 0 aromatic carbocycles. The monoisotopic (exact) mass is 413 g/mol. The van der Waals surface area contributed by atoms with Crippen molar-refractivity contribution in [3.05, 3.63) is 16.1 Å². The molecular formula is C19H31N3O3S2. The summed E-state index contributed by atoms with van der Waals surface area (Å²) in [6.07, 6.45) is 2.35. The van der Waals surface area contributed by atoms with Crippen molar-refractivity contribution in [3.8, 4) is 0 Å². The standard InChI is InChI=1S/C19H31N3O3S2/c1-17(2,3)25-16(23)22-9-7-19(8-10-22)11-13-14(26-12-20-13)15(19)21-27(24)18(4,5)6/h12,15,21H,7-11H2,1-6H3/t15-,27-/m1/s1. The van der Waals surface area contributed by atoms with Crippen LogP contribution in [0.2, 0.25) is 0 Å². The third-order valence-electron chi connectivity index (χ3n) is 5.26. The molecule has 152 valence electrons. The van der Waals surface area contributed by atoms with Gasteiger partial charge < -0.3 is 9.64 Å². The molecule has 1 spiro atoms. The summed E-state index contributed by atoms with van der Waals surface area (Å²) in [5.74, 6) is 0. The number of carbonyl (C=O) groups excluding carboxylic acids is 1. The summed E-state index contributed by atoms with van der Waals surface area (Å²) in [4.78, 5) is 20.0. The molecule has 1 N–H and O–H groups in total. The van der Waals surface area contributed by atoms with Gasteiger partial charge in [-0.25, -0.2) is 18.7 Å². The van der Waals surface area contributed by atoms with Gasteiger partial charge in [0.2, 0.25) is 0 Å².